The molecule has 0 N–H and O–H groups in total. The Hall–Kier alpha value is -2.59. The molecule has 3 aromatic rings. The van der Waals surface area contributed by atoms with Crippen molar-refractivity contribution in [3.8, 4) is 0 Å². The summed E-state index contributed by atoms with van der Waals surface area (Å²) in [5.41, 5.74) is 1.75. The topological polar surface area (TPSA) is 43.4 Å². The fourth-order valence-electron chi connectivity index (χ4n) is 2.83. The lowest BCUT2D eigenvalue weighted by molar-refractivity contribution is -0.139. The molecule has 0 fully saturated rings. The summed E-state index contributed by atoms with van der Waals surface area (Å²) >= 11 is 1.41. The minimum Gasteiger partial charge on any atom is -0.457 e. The van der Waals surface area contributed by atoms with Crippen molar-refractivity contribution in [1.82, 2.24) is 0 Å². The molecule has 0 saturated carbocycles. The van der Waals surface area contributed by atoms with E-state index >= 15 is 0 Å². The number of fused-ring (bicyclic) bond motifs is 1. The zero-order valence-corrected chi connectivity index (χ0v) is 17.2. The Morgan fingerprint density at radius 1 is 0.893 bits per heavy atom. The third kappa shape index (κ3) is 5.23. The molecule has 0 aromatic heterocycles. The molecule has 0 amide bonds. The lowest BCUT2D eigenvalue weighted by Gasteiger charge is -2.18. The largest absolute Gasteiger partial charge is 0.457 e. The van der Waals surface area contributed by atoms with E-state index in [-0.39, 0.29) is 23.6 Å². The zero-order valence-electron chi connectivity index (χ0n) is 16.4. The summed E-state index contributed by atoms with van der Waals surface area (Å²) in [6.45, 7) is 6.14. The fourth-order valence-corrected chi connectivity index (χ4v) is 3.57. The normalized spacial score (nSPS) is 11.4. The zero-order chi connectivity index (χ0) is 20.1. The van der Waals surface area contributed by atoms with Crippen molar-refractivity contribution in [1.29, 1.82) is 0 Å². The van der Waals surface area contributed by atoms with Crippen LogP contribution in [0, 0.1) is 0 Å². The molecule has 3 rings (SSSR count). The summed E-state index contributed by atoms with van der Waals surface area (Å²) in [6, 6.07) is 21.6. The van der Waals surface area contributed by atoms with Crippen LogP contribution in [0.25, 0.3) is 10.8 Å². The molecule has 0 aliphatic carbocycles. The molecule has 0 bridgehead atoms. The molecule has 0 unspecified atom stereocenters. The van der Waals surface area contributed by atoms with Gasteiger partial charge < -0.3 is 4.74 Å². The second-order valence-electron chi connectivity index (χ2n) is 7.71. The van der Waals surface area contributed by atoms with Gasteiger partial charge >= 0.3 is 5.97 Å². The Morgan fingerprint density at radius 2 is 1.57 bits per heavy atom. The van der Waals surface area contributed by atoms with Gasteiger partial charge in [-0.2, -0.15) is 0 Å². The Kier molecular flexibility index (Phi) is 6.20. The number of Topliss-reactive ketones (excluding diaryl/α,β-unsaturated/α-hetero) is 1. The number of rotatable bonds is 6. The molecule has 28 heavy (non-hydrogen) atoms. The van der Waals surface area contributed by atoms with Gasteiger partial charge in [-0.15, -0.1) is 11.8 Å². The van der Waals surface area contributed by atoms with Gasteiger partial charge in [-0.25, -0.2) is 0 Å². The maximum absolute atomic E-state index is 12.2. The number of ether oxygens (including phenoxy) is 1. The van der Waals surface area contributed by atoms with Crippen LogP contribution in [0.3, 0.4) is 0 Å². The highest BCUT2D eigenvalue weighted by molar-refractivity contribution is 8.00. The van der Waals surface area contributed by atoms with Crippen LogP contribution in [0.4, 0.5) is 0 Å². The van der Waals surface area contributed by atoms with Crippen molar-refractivity contribution >= 4 is 34.3 Å². The van der Waals surface area contributed by atoms with E-state index in [1.54, 1.807) is 12.1 Å². The lowest BCUT2D eigenvalue weighted by Crippen LogP contribution is -2.16. The molecule has 3 nitrogen and oxygen atoms in total. The van der Waals surface area contributed by atoms with Crippen molar-refractivity contribution in [2.24, 2.45) is 0 Å². The van der Waals surface area contributed by atoms with E-state index in [1.807, 2.05) is 42.5 Å². The average Bonchev–Trinajstić information content (AvgIpc) is 2.69. The number of carbonyl (C=O) groups excluding carboxylic acids is 2. The first-order chi connectivity index (χ1) is 13.3. The summed E-state index contributed by atoms with van der Waals surface area (Å²) in [5.74, 6) is -0.406. The van der Waals surface area contributed by atoms with E-state index in [1.165, 1.54) is 11.8 Å². The molecule has 0 heterocycles. The third-order valence-corrected chi connectivity index (χ3v) is 5.48. The predicted molar refractivity (Wildman–Crippen MR) is 115 cm³/mol. The minimum absolute atomic E-state index is 0.0357. The number of ketones is 1. The molecular formula is C24H24O3S. The maximum Gasteiger partial charge on any atom is 0.316 e. The summed E-state index contributed by atoms with van der Waals surface area (Å²) < 4.78 is 5.16. The van der Waals surface area contributed by atoms with Crippen LogP contribution in [0.1, 0.15) is 36.7 Å². The highest BCUT2D eigenvalue weighted by Gasteiger charge is 2.15. The van der Waals surface area contributed by atoms with Crippen LogP contribution in [0.5, 0.6) is 0 Å². The quantitative estimate of drug-likeness (QED) is 0.309. The van der Waals surface area contributed by atoms with Gasteiger partial charge in [0, 0.05) is 10.5 Å². The number of esters is 1. The van der Waals surface area contributed by atoms with Crippen LogP contribution in [-0.2, 0) is 14.9 Å². The van der Waals surface area contributed by atoms with Crippen molar-refractivity contribution in [2.75, 3.05) is 12.4 Å². The number of carbonyl (C=O) groups is 2. The van der Waals surface area contributed by atoms with Crippen molar-refractivity contribution in [3.63, 3.8) is 0 Å². The summed E-state index contributed by atoms with van der Waals surface area (Å²) in [6.07, 6.45) is 0. The maximum atomic E-state index is 12.2. The van der Waals surface area contributed by atoms with E-state index in [0.717, 1.165) is 21.2 Å². The molecule has 0 aliphatic rings. The average molecular weight is 393 g/mol. The number of thioether (sulfide) groups is 1. The van der Waals surface area contributed by atoms with Gasteiger partial charge in [0.25, 0.3) is 0 Å². The summed E-state index contributed by atoms with van der Waals surface area (Å²) in [4.78, 5) is 25.3. The second kappa shape index (κ2) is 8.61. The van der Waals surface area contributed by atoms with Crippen LogP contribution in [-0.4, -0.2) is 24.1 Å². The first-order valence-electron chi connectivity index (χ1n) is 9.24. The van der Waals surface area contributed by atoms with Crippen LogP contribution >= 0.6 is 11.8 Å². The molecule has 0 aliphatic heterocycles. The molecule has 0 saturated heterocycles. The van der Waals surface area contributed by atoms with Gasteiger partial charge in [-0.3, -0.25) is 9.59 Å². The fraction of sp³-hybridized carbons (Fsp3) is 0.250. The molecule has 0 radical (unpaired) electrons. The first kappa shape index (κ1) is 20.2. The van der Waals surface area contributed by atoms with Crippen LogP contribution in [0.2, 0.25) is 0 Å². The highest BCUT2D eigenvalue weighted by Crippen LogP contribution is 2.24. The Balaban J connectivity index is 1.50. The van der Waals surface area contributed by atoms with Gasteiger partial charge in [-0.1, -0.05) is 75.4 Å². The Morgan fingerprint density at radius 3 is 2.25 bits per heavy atom. The molecule has 0 spiro atoms. The predicted octanol–water partition coefficient (Wildman–Crippen LogP) is 5.66. The monoisotopic (exact) mass is 392 g/mol. The Bertz CT molecular complexity index is 985. The van der Waals surface area contributed by atoms with Gasteiger partial charge in [0.15, 0.2) is 12.4 Å². The highest BCUT2D eigenvalue weighted by atomic mass is 32.2. The van der Waals surface area contributed by atoms with Gasteiger partial charge in [0.05, 0.1) is 5.75 Å². The smallest absolute Gasteiger partial charge is 0.316 e. The second-order valence-corrected chi connectivity index (χ2v) is 8.76. The molecular weight excluding hydrogens is 368 g/mol. The van der Waals surface area contributed by atoms with Gasteiger partial charge in [0.2, 0.25) is 0 Å². The summed E-state index contributed by atoms with van der Waals surface area (Å²) in [7, 11) is 0. The van der Waals surface area contributed by atoms with E-state index in [2.05, 4.69) is 32.9 Å². The number of hydrogen-bond acceptors (Lipinski definition) is 4. The Labute approximate surface area is 170 Å². The van der Waals surface area contributed by atoms with Gasteiger partial charge in [0.1, 0.15) is 0 Å². The van der Waals surface area contributed by atoms with E-state index in [9.17, 15) is 9.59 Å². The van der Waals surface area contributed by atoms with E-state index < -0.39 is 5.97 Å². The van der Waals surface area contributed by atoms with E-state index in [0.29, 0.717) is 5.56 Å². The van der Waals surface area contributed by atoms with E-state index in [4.69, 9.17) is 4.74 Å². The van der Waals surface area contributed by atoms with Crippen molar-refractivity contribution in [2.45, 2.75) is 31.1 Å². The minimum atomic E-state index is -0.391. The van der Waals surface area contributed by atoms with Crippen molar-refractivity contribution < 1.29 is 14.3 Å². The third-order valence-electron chi connectivity index (χ3n) is 4.51. The molecule has 3 aromatic carbocycles. The standard InChI is InChI=1S/C24H24O3S/c1-24(2,3)20-11-8-18(9-12-20)22(25)15-27-23(26)16-28-21-13-10-17-6-4-5-7-19(17)14-21/h4-14H,15-16H2,1-3H3. The van der Waals surface area contributed by atoms with Crippen LogP contribution in [0.15, 0.2) is 71.6 Å². The molecule has 4 heteroatoms. The lowest BCUT2D eigenvalue weighted by atomic mass is 9.86. The van der Waals surface area contributed by atoms with Gasteiger partial charge in [-0.05, 0) is 33.9 Å². The number of benzene rings is 3. The molecule has 144 valence electrons. The number of hydrogen-bond donors (Lipinski definition) is 0. The van der Waals surface area contributed by atoms with Crippen molar-refractivity contribution in [3.05, 3.63) is 77.9 Å². The summed E-state index contributed by atoms with van der Waals surface area (Å²) in [5, 5.41) is 2.30. The van der Waals surface area contributed by atoms with Crippen LogP contribution < -0.4 is 0 Å². The first-order valence-corrected chi connectivity index (χ1v) is 10.2. The molecule has 0 atom stereocenters. The SMILES string of the molecule is CC(C)(C)c1ccc(C(=O)COC(=O)CSc2ccc3ccccc3c2)cc1.